The first kappa shape index (κ1) is 24.2. The lowest BCUT2D eigenvalue weighted by Crippen LogP contribution is -2.36. The van der Waals surface area contributed by atoms with Gasteiger partial charge in [-0.25, -0.2) is 14.3 Å². The molecule has 3 aromatic rings. The first-order valence-electron chi connectivity index (χ1n) is 9.83. The van der Waals surface area contributed by atoms with Crippen molar-refractivity contribution in [2.24, 2.45) is 0 Å². The van der Waals surface area contributed by atoms with Crippen molar-refractivity contribution in [3.05, 3.63) is 54.5 Å². The SMILES string of the molecule is CC(N/C=C(\C=N)c1cnn2c(-c3cccc(NC(=O)NCC(F)(F)F)c3)cnc2c1)C(=O)O. The second kappa shape index (κ2) is 10.0. The summed E-state index contributed by atoms with van der Waals surface area (Å²) in [5, 5.41) is 27.7. The third-order valence-corrected chi connectivity index (χ3v) is 4.57. The fraction of sp³-hybridized carbons (Fsp3) is 0.190. The lowest BCUT2D eigenvalue weighted by molar-refractivity contribution is -0.138. The highest BCUT2D eigenvalue weighted by atomic mass is 19.4. The number of rotatable bonds is 8. The molecule has 0 saturated heterocycles. The van der Waals surface area contributed by atoms with Crippen LogP contribution in [0, 0.1) is 5.41 Å². The number of carboxylic acid groups (broad SMARTS) is 1. The number of carbonyl (C=O) groups excluding carboxylic acids is 1. The Balaban J connectivity index is 1.82. The maximum Gasteiger partial charge on any atom is 0.405 e. The van der Waals surface area contributed by atoms with E-state index >= 15 is 0 Å². The van der Waals surface area contributed by atoms with Gasteiger partial charge in [0.05, 0.1) is 18.1 Å². The normalized spacial score (nSPS) is 12.8. The van der Waals surface area contributed by atoms with Crippen LogP contribution < -0.4 is 16.0 Å². The first-order valence-corrected chi connectivity index (χ1v) is 9.83. The van der Waals surface area contributed by atoms with Crippen molar-refractivity contribution >= 4 is 35.1 Å². The Bertz CT molecular complexity index is 1250. The van der Waals surface area contributed by atoms with E-state index in [-0.39, 0.29) is 5.69 Å². The number of carbonyl (C=O) groups is 2. The lowest BCUT2D eigenvalue weighted by Gasteiger charge is -2.11. The number of nitrogens with zero attached hydrogens (tertiary/aromatic N) is 3. The molecule has 13 heteroatoms. The molecule has 0 fully saturated rings. The summed E-state index contributed by atoms with van der Waals surface area (Å²) < 4.78 is 38.3. The van der Waals surface area contributed by atoms with Crippen LogP contribution in [0.5, 0.6) is 0 Å². The zero-order valence-corrected chi connectivity index (χ0v) is 17.7. The standard InChI is InChI=1S/C21H20F3N7O3/c1-12(19(32)33)26-8-15(7-25)14-6-18-27-10-17(31(18)29-9-14)13-3-2-4-16(5-13)30-20(34)28-11-21(22,23)24/h2-10,12,25-26H,11H2,1H3,(H,32,33)(H2,28,30,34)/b15-8+,25-7?. The largest absolute Gasteiger partial charge is 0.480 e. The van der Waals surface area contributed by atoms with Gasteiger partial charge in [0.2, 0.25) is 0 Å². The molecule has 178 valence electrons. The van der Waals surface area contributed by atoms with Gasteiger partial charge in [-0.2, -0.15) is 18.3 Å². The van der Waals surface area contributed by atoms with Crippen LogP contribution in [0.25, 0.3) is 22.5 Å². The Labute approximate surface area is 191 Å². The van der Waals surface area contributed by atoms with Gasteiger partial charge in [0.25, 0.3) is 0 Å². The molecule has 34 heavy (non-hydrogen) atoms. The van der Waals surface area contributed by atoms with Gasteiger partial charge in [0.1, 0.15) is 12.6 Å². The molecule has 0 bridgehead atoms. The Hall–Kier alpha value is -4.42. The number of fused-ring (bicyclic) bond motifs is 1. The van der Waals surface area contributed by atoms with Gasteiger partial charge < -0.3 is 26.5 Å². The predicted octanol–water partition coefficient (Wildman–Crippen LogP) is 3.13. The Morgan fingerprint density at radius 3 is 2.71 bits per heavy atom. The average molecular weight is 475 g/mol. The molecule has 2 heterocycles. The zero-order valence-electron chi connectivity index (χ0n) is 17.7. The first-order chi connectivity index (χ1) is 16.1. The van der Waals surface area contributed by atoms with Gasteiger partial charge in [-0.05, 0) is 25.1 Å². The molecular formula is C21H20F3N7O3. The quantitative estimate of drug-likeness (QED) is 0.317. The summed E-state index contributed by atoms with van der Waals surface area (Å²) in [6, 6.07) is 6.25. The second-order valence-electron chi connectivity index (χ2n) is 7.13. The second-order valence-corrected chi connectivity index (χ2v) is 7.13. The highest BCUT2D eigenvalue weighted by Crippen LogP contribution is 2.24. The van der Waals surface area contributed by atoms with E-state index in [1.165, 1.54) is 36.1 Å². The van der Waals surface area contributed by atoms with Crippen molar-refractivity contribution in [1.82, 2.24) is 25.2 Å². The van der Waals surface area contributed by atoms with Crippen LogP contribution in [-0.4, -0.2) is 56.7 Å². The topological polar surface area (TPSA) is 144 Å². The number of imidazole rings is 1. The molecule has 0 saturated carbocycles. The number of alkyl halides is 3. The highest BCUT2D eigenvalue weighted by molar-refractivity contribution is 6.08. The summed E-state index contributed by atoms with van der Waals surface area (Å²) in [7, 11) is 0. The van der Waals surface area contributed by atoms with Crippen molar-refractivity contribution in [2.75, 3.05) is 11.9 Å². The minimum atomic E-state index is -4.52. The number of hydrogen-bond donors (Lipinski definition) is 5. The summed E-state index contributed by atoms with van der Waals surface area (Å²) >= 11 is 0. The maximum atomic E-state index is 12.3. The maximum absolute atomic E-state index is 12.3. The number of nitrogens with one attached hydrogen (secondary N) is 4. The molecule has 1 atom stereocenters. The molecule has 5 N–H and O–H groups in total. The number of carboxylic acids is 1. The highest BCUT2D eigenvalue weighted by Gasteiger charge is 2.27. The smallest absolute Gasteiger partial charge is 0.405 e. The third kappa shape index (κ3) is 6.09. The fourth-order valence-electron chi connectivity index (χ4n) is 2.84. The molecule has 0 aliphatic carbocycles. The van der Waals surface area contributed by atoms with Crippen molar-refractivity contribution < 1.29 is 27.9 Å². The van der Waals surface area contributed by atoms with Gasteiger partial charge in [-0.1, -0.05) is 12.1 Å². The number of anilines is 1. The van der Waals surface area contributed by atoms with Gasteiger partial charge >= 0.3 is 18.2 Å². The number of allylic oxidation sites excluding steroid dienone is 1. The van der Waals surface area contributed by atoms with Gasteiger partial charge in [0.15, 0.2) is 5.65 Å². The molecule has 0 aliphatic rings. The Morgan fingerprint density at radius 1 is 1.26 bits per heavy atom. The number of hydrogen-bond acceptors (Lipinski definition) is 6. The Morgan fingerprint density at radius 2 is 2.03 bits per heavy atom. The molecule has 0 radical (unpaired) electrons. The minimum absolute atomic E-state index is 0.274. The van der Waals surface area contributed by atoms with E-state index in [0.29, 0.717) is 28.0 Å². The van der Waals surface area contributed by atoms with E-state index in [9.17, 15) is 22.8 Å². The van der Waals surface area contributed by atoms with E-state index in [4.69, 9.17) is 10.5 Å². The molecule has 2 amide bonds. The van der Waals surface area contributed by atoms with E-state index < -0.39 is 30.8 Å². The fourth-order valence-corrected chi connectivity index (χ4v) is 2.84. The third-order valence-electron chi connectivity index (χ3n) is 4.57. The predicted molar refractivity (Wildman–Crippen MR) is 118 cm³/mol. The van der Waals surface area contributed by atoms with Crippen LogP contribution in [0.15, 0.2) is 48.9 Å². The summed E-state index contributed by atoms with van der Waals surface area (Å²) in [5.41, 5.74) is 2.79. The van der Waals surface area contributed by atoms with E-state index in [2.05, 4.69) is 20.7 Å². The molecule has 0 spiro atoms. The lowest BCUT2D eigenvalue weighted by atomic mass is 10.1. The van der Waals surface area contributed by atoms with Crippen molar-refractivity contribution in [3.8, 4) is 11.3 Å². The molecule has 1 unspecified atom stereocenters. The Kier molecular flexibility index (Phi) is 7.14. The summed E-state index contributed by atoms with van der Waals surface area (Å²) in [4.78, 5) is 27.0. The number of benzene rings is 1. The average Bonchev–Trinajstić information content (AvgIpc) is 3.21. The van der Waals surface area contributed by atoms with E-state index in [1.54, 1.807) is 29.6 Å². The van der Waals surface area contributed by atoms with Crippen LogP contribution in [0.2, 0.25) is 0 Å². The zero-order chi connectivity index (χ0) is 24.9. The van der Waals surface area contributed by atoms with Crippen molar-refractivity contribution in [2.45, 2.75) is 19.1 Å². The molecule has 10 nitrogen and oxygen atoms in total. The summed E-state index contributed by atoms with van der Waals surface area (Å²) in [6.07, 6.45) is 0.958. The molecular weight excluding hydrogens is 455 g/mol. The molecule has 2 aromatic heterocycles. The number of urea groups is 1. The number of halogens is 3. The van der Waals surface area contributed by atoms with Gasteiger partial charge in [0, 0.05) is 34.8 Å². The van der Waals surface area contributed by atoms with E-state index in [0.717, 1.165) is 6.21 Å². The summed E-state index contributed by atoms with van der Waals surface area (Å²) in [6.45, 7) is 0.0145. The van der Waals surface area contributed by atoms with Gasteiger partial charge in [-0.15, -0.1) is 0 Å². The summed E-state index contributed by atoms with van der Waals surface area (Å²) in [5.74, 6) is -1.04. The molecule has 1 aromatic carbocycles. The van der Waals surface area contributed by atoms with E-state index in [1.807, 2.05) is 0 Å². The molecule has 0 aliphatic heterocycles. The monoisotopic (exact) mass is 475 g/mol. The number of aromatic nitrogens is 3. The van der Waals surface area contributed by atoms with Gasteiger partial charge in [-0.3, -0.25) is 4.79 Å². The van der Waals surface area contributed by atoms with Crippen LogP contribution in [-0.2, 0) is 4.79 Å². The van der Waals surface area contributed by atoms with Crippen LogP contribution >= 0.6 is 0 Å². The van der Waals surface area contributed by atoms with Crippen LogP contribution in [0.1, 0.15) is 12.5 Å². The van der Waals surface area contributed by atoms with Crippen molar-refractivity contribution in [1.29, 1.82) is 5.41 Å². The number of amides is 2. The van der Waals surface area contributed by atoms with Crippen molar-refractivity contribution in [3.63, 3.8) is 0 Å². The van der Waals surface area contributed by atoms with Crippen LogP contribution in [0.4, 0.5) is 23.7 Å². The number of aliphatic carboxylic acids is 1. The minimum Gasteiger partial charge on any atom is -0.480 e. The van der Waals surface area contributed by atoms with Crippen LogP contribution in [0.3, 0.4) is 0 Å². The molecule has 3 rings (SSSR count).